The first-order valence-electron chi connectivity index (χ1n) is 16.2. The Morgan fingerprint density at radius 1 is 1.09 bits per heavy atom. The fourth-order valence-corrected chi connectivity index (χ4v) is 5.94. The molecule has 2 fully saturated rings. The van der Waals surface area contributed by atoms with Crippen molar-refractivity contribution < 1.29 is 19.0 Å². The molecule has 0 saturated carbocycles. The van der Waals surface area contributed by atoms with Crippen LogP contribution in [0.3, 0.4) is 0 Å². The van der Waals surface area contributed by atoms with Crippen molar-refractivity contribution in [2.45, 2.75) is 84.3 Å². The summed E-state index contributed by atoms with van der Waals surface area (Å²) in [5, 5.41) is 0. The van der Waals surface area contributed by atoms with Crippen molar-refractivity contribution in [1.29, 1.82) is 0 Å². The van der Waals surface area contributed by atoms with Gasteiger partial charge in [0.25, 0.3) is 0 Å². The minimum absolute atomic E-state index is 0.167. The Morgan fingerprint density at radius 3 is 2.61 bits per heavy atom. The van der Waals surface area contributed by atoms with Crippen LogP contribution < -0.4 is 10.5 Å². The SMILES string of the molecule is CC(=CN)c1cc(COc2cccc(C3CCN(Cc4nc5ccc(C(=O)OC(C)(C)C)cc5n4CC4CCO4)CC3)n2)ccn1. The molecular weight excluding hydrogens is 580 g/mol. The molecular formula is C36H44N6O4. The summed E-state index contributed by atoms with van der Waals surface area (Å²) in [4.78, 5) is 29.6. The Kier molecular flexibility index (Phi) is 9.37. The number of likely N-dealkylation sites (tertiary alicyclic amines) is 1. The number of rotatable bonds is 10. The molecule has 3 aromatic heterocycles. The quantitative estimate of drug-likeness (QED) is 0.217. The average molecular weight is 625 g/mol. The number of hydrogen-bond acceptors (Lipinski definition) is 9. The van der Waals surface area contributed by atoms with E-state index in [2.05, 4.69) is 20.5 Å². The van der Waals surface area contributed by atoms with Gasteiger partial charge in [0, 0.05) is 30.5 Å². The van der Waals surface area contributed by atoms with Crippen LogP contribution in [-0.4, -0.2) is 61.8 Å². The second-order valence-electron chi connectivity index (χ2n) is 13.3. The summed E-state index contributed by atoms with van der Waals surface area (Å²) in [6, 6.07) is 15.6. The van der Waals surface area contributed by atoms with Gasteiger partial charge < -0.3 is 24.5 Å². The van der Waals surface area contributed by atoms with Crippen LogP contribution in [-0.2, 0) is 29.2 Å². The Morgan fingerprint density at radius 2 is 1.89 bits per heavy atom. The molecule has 0 radical (unpaired) electrons. The number of hydrogen-bond donors (Lipinski definition) is 1. The topological polar surface area (TPSA) is 118 Å². The van der Waals surface area contributed by atoms with Gasteiger partial charge in [0.1, 0.15) is 18.0 Å². The van der Waals surface area contributed by atoms with Gasteiger partial charge >= 0.3 is 5.97 Å². The Bertz CT molecular complexity index is 1710. The van der Waals surface area contributed by atoms with E-state index in [0.717, 1.165) is 91.4 Å². The summed E-state index contributed by atoms with van der Waals surface area (Å²) in [7, 11) is 0. The molecule has 2 aliphatic rings. The highest BCUT2D eigenvalue weighted by Crippen LogP contribution is 2.30. The molecule has 0 bridgehead atoms. The van der Waals surface area contributed by atoms with Gasteiger partial charge in [-0.25, -0.2) is 14.8 Å². The van der Waals surface area contributed by atoms with E-state index >= 15 is 0 Å². The number of carbonyl (C=O) groups is 1. The lowest BCUT2D eigenvalue weighted by atomic mass is 9.93. The summed E-state index contributed by atoms with van der Waals surface area (Å²) in [5.41, 5.74) is 11.3. The van der Waals surface area contributed by atoms with Gasteiger partial charge in [-0.05, 0) is 114 Å². The van der Waals surface area contributed by atoms with E-state index in [1.54, 1.807) is 12.4 Å². The number of esters is 1. The van der Waals surface area contributed by atoms with Crippen molar-refractivity contribution in [2.75, 3.05) is 19.7 Å². The van der Waals surface area contributed by atoms with Gasteiger partial charge in [0.2, 0.25) is 5.88 Å². The average Bonchev–Trinajstić information content (AvgIpc) is 3.36. The van der Waals surface area contributed by atoms with E-state index in [4.69, 9.17) is 29.9 Å². The lowest BCUT2D eigenvalue weighted by molar-refractivity contribution is -0.0592. The van der Waals surface area contributed by atoms with Crippen molar-refractivity contribution in [3.05, 3.63) is 89.3 Å². The molecule has 1 aromatic carbocycles. The molecule has 2 N–H and O–H groups in total. The number of allylic oxidation sites excluding steroid dienone is 1. The van der Waals surface area contributed by atoms with Crippen LogP contribution in [0.15, 0.2) is 60.9 Å². The molecule has 6 rings (SSSR count). The maximum atomic E-state index is 12.8. The molecule has 242 valence electrons. The summed E-state index contributed by atoms with van der Waals surface area (Å²) in [5.74, 6) is 1.66. The fraction of sp³-hybridized carbons (Fsp3) is 0.444. The standard InChI is InChI=1S/C36H44N6O4/c1-24(20-37)31-18-25(10-14-38-31)23-45-34-7-5-6-29(40-34)26-11-15-41(16-12-26)22-33-39-30-9-8-27(35(43)46-36(2,3)4)19-32(30)42(33)21-28-13-17-44-28/h5-10,14,18-20,26,28H,11-13,15-17,21-23,37H2,1-4H3. The van der Waals surface area contributed by atoms with Crippen molar-refractivity contribution in [3.8, 4) is 5.88 Å². The molecule has 10 nitrogen and oxygen atoms in total. The third-order valence-electron chi connectivity index (χ3n) is 8.62. The van der Waals surface area contributed by atoms with Crippen molar-refractivity contribution in [1.82, 2.24) is 24.4 Å². The highest BCUT2D eigenvalue weighted by atomic mass is 16.6. The zero-order chi connectivity index (χ0) is 32.3. The first-order valence-corrected chi connectivity index (χ1v) is 16.2. The lowest BCUT2D eigenvalue weighted by Gasteiger charge is -2.32. The number of aromatic nitrogens is 4. The largest absolute Gasteiger partial charge is 0.473 e. The molecule has 0 aliphatic carbocycles. The van der Waals surface area contributed by atoms with Gasteiger partial charge in [-0.3, -0.25) is 9.88 Å². The summed E-state index contributed by atoms with van der Waals surface area (Å²) in [6.45, 7) is 12.1. The summed E-state index contributed by atoms with van der Waals surface area (Å²) >= 11 is 0. The number of fused-ring (bicyclic) bond motifs is 1. The summed E-state index contributed by atoms with van der Waals surface area (Å²) in [6.07, 6.45) is 6.54. The van der Waals surface area contributed by atoms with Crippen LogP contribution in [0.2, 0.25) is 0 Å². The lowest BCUT2D eigenvalue weighted by Crippen LogP contribution is -2.35. The highest BCUT2D eigenvalue weighted by Gasteiger charge is 2.27. The number of nitrogens with zero attached hydrogens (tertiary/aromatic N) is 5. The molecule has 0 amide bonds. The Balaban J connectivity index is 1.10. The molecule has 2 saturated heterocycles. The molecule has 2 aliphatic heterocycles. The zero-order valence-corrected chi connectivity index (χ0v) is 27.2. The number of benzene rings is 1. The van der Waals surface area contributed by atoms with E-state index in [1.807, 2.05) is 70.2 Å². The fourth-order valence-electron chi connectivity index (χ4n) is 5.94. The van der Waals surface area contributed by atoms with E-state index < -0.39 is 5.60 Å². The molecule has 1 unspecified atom stereocenters. The number of piperidine rings is 1. The maximum absolute atomic E-state index is 12.8. The zero-order valence-electron chi connectivity index (χ0n) is 27.2. The first-order chi connectivity index (χ1) is 22.1. The van der Waals surface area contributed by atoms with Crippen LogP contribution in [0, 0.1) is 0 Å². The number of imidazole rings is 1. The maximum Gasteiger partial charge on any atom is 0.338 e. The van der Waals surface area contributed by atoms with Gasteiger partial charge in [-0.2, -0.15) is 0 Å². The third-order valence-corrected chi connectivity index (χ3v) is 8.62. The van der Waals surface area contributed by atoms with E-state index in [1.165, 1.54) is 0 Å². The molecule has 0 spiro atoms. The Labute approximate surface area is 270 Å². The van der Waals surface area contributed by atoms with Gasteiger partial charge in [-0.1, -0.05) is 6.07 Å². The normalized spacial score (nSPS) is 18.0. The monoisotopic (exact) mass is 624 g/mol. The van der Waals surface area contributed by atoms with Crippen LogP contribution in [0.25, 0.3) is 16.6 Å². The van der Waals surface area contributed by atoms with Crippen LogP contribution in [0.4, 0.5) is 0 Å². The first kappa shape index (κ1) is 31.7. The number of ether oxygens (including phenoxy) is 3. The minimum Gasteiger partial charge on any atom is -0.473 e. The molecule has 5 heterocycles. The van der Waals surface area contributed by atoms with E-state index in [0.29, 0.717) is 24.0 Å². The van der Waals surface area contributed by atoms with Crippen LogP contribution >= 0.6 is 0 Å². The van der Waals surface area contributed by atoms with E-state index in [-0.39, 0.29) is 12.1 Å². The molecule has 46 heavy (non-hydrogen) atoms. The highest BCUT2D eigenvalue weighted by molar-refractivity contribution is 5.94. The van der Waals surface area contributed by atoms with Crippen molar-refractivity contribution in [3.63, 3.8) is 0 Å². The predicted octanol–water partition coefficient (Wildman–Crippen LogP) is 5.85. The number of pyridine rings is 2. The smallest absolute Gasteiger partial charge is 0.338 e. The molecule has 10 heteroatoms. The van der Waals surface area contributed by atoms with Gasteiger partial charge in [0.15, 0.2) is 0 Å². The molecule has 1 atom stereocenters. The number of carbonyl (C=O) groups excluding carboxylic acids is 1. The van der Waals surface area contributed by atoms with Gasteiger partial charge in [0.05, 0.1) is 41.5 Å². The minimum atomic E-state index is -0.556. The van der Waals surface area contributed by atoms with Crippen molar-refractivity contribution >= 4 is 22.6 Å². The summed E-state index contributed by atoms with van der Waals surface area (Å²) < 4.78 is 19.7. The van der Waals surface area contributed by atoms with Crippen LogP contribution in [0.1, 0.15) is 86.0 Å². The second kappa shape index (κ2) is 13.6. The third kappa shape index (κ3) is 7.57. The second-order valence-corrected chi connectivity index (χ2v) is 13.3. The predicted molar refractivity (Wildman–Crippen MR) is 177 cm³/mol. The van der Waals surface area contributed by atoms with Crippen LogP contribution in [0.5, 0.6) is 5.88 Å². The van der Waals surface area contributed by atoms with Gasteiger partial charge in [-0.15, -0.1) is 0 Å². The number of nitrogens with two attached hydrogens (primary N) is 1. The van der Waals surface area contributed by atoms with E-state index in [9.17, 15) is 4.79 Å². The van der Waals surface area contributed by atoms with Crippen molar-refractivity contribution in [2.24, 2.45) is 5.73 Å². The Hall–Kier alpha value is -4.28. The molecule has 4 aromatic rings.